The zero-order valence-corrected chi connectivity index (χ0v) is 13.3. The van der Waals surface area contributed by atoms with Crippen molar-refractivity contribution < 1.29 is 19.2 Å². The molecule has 0 aliphatic carbocycles. The maximum Gasteiger partial charge on any atom is 0.251 e. The first-order valence-corrected chi connectivity index (χ1v) is 7.33. The first-order chi connectivity index (χ1) is 10.9. The van der Waals surface area contributed by atoms with Gasteiger partial charge in [-0.2, -0.15) is 0 Å². The van der Waals surface area contributed by atoms with Gasteiger partial charge in [-0.3, -0.25) is 19.2 Å². The van der Waals surface area contributed by atoms with Gasteiger partial charge in [0, 0.05) is 5.56 Å². The summed E-state index contributed by atoms with van der Waals surface area (Å²) in [5.74, 6) is -1.45. The van der Waals surface area contributed by atoms with E-state index in [0.717, 1.165) is 5.56 Å². The average molecular weight is 319 g/mol. The molecule has 3 amide bonds. The summed E-state index contributed by atoms with van der Waals surface area (Å²) in [5.41, 5.74) is 1.43. The molecule has 1 aromatic carbocycles. The van der Waals surface area contributed by atoms with E-state index in [4.69, 9.17) is 0 Å². The van der Waals surface area contributed by atoms with Gasteiger partial charge in [-0.25, -0.2) is 0 Å². The fourth-order valence-electron chi connectivity index (χ4n) is 1.83. The molecule has 1 rings (SSSR count). The van der Waals surface area contributed by atoms with E-state index in [1.54, 1.807) is 12.1 Å². The Kier molecular flexibility index (Phi) is 7.45. The molecule has 0 aromatic heterocycles. The number of nitrogens with one attached hydrogen (secondary N) is 3. The Balaban J connectivity index is 2.37. The molecule has 1 aromatic rings. The molecule has 0 saturated carbocycles. The zero-order chi connectivity index (χ0) is 17.2. The fourth-order valence-corrected chi connectivity index (χ4v) is 1.83. The van der Waals surface area contributed by atoms with E-state index in [9.17, 15) is 19.2 Å². The van der Waals surface area contributed by atoms with Crippen LogP contribution in [0.3, 0.4) is 0 Å². The molecular formula is C16H21N3O4. The molecule has 0 aliphatic heterocycles. The molecule has 0 spiro atoms. The monoisotopic (exact) mass is 319 g/mol. The summed E-state index contributed by atoms with van der Waals surface area (Å²) in [6.07, 6.45) is 0.714. The fraction of sp³-hybridized carbons (Fsp3) is 0.375. The number of rotatable bonds is 8. The number of benzene rings is 1. The van der Waals surface area contributed by atoms with Crippen LogP contribution in [-0.4, -0.2) is 43.1 Å². The predicted molar refractivity (Wildman–Crippen MR) is 84.9 cm³/mol. The van der Waals surface area contributed by atoms with Crippen LogP contribution in [0.15, 0.2) is 24.3 Å². The van der Waals surface area contributed by atoms with Crippen LogP contribution < -0.4 is 16.0 Å². The Morgan fingerprint density at radius 1 is 0.870 bits per heavy atom. The van der Waals surface area contributed by atoms with Gasteiger partial charge < -0.3 is 16.0 Å². The van der Waals surface area contributed by atoms with Crippen LogP contribution in [0.4, 0.5) is 0 Å². The van der Waals surface area contributed by atoms with Crippen molar-refractivity contribution in [1.82, 2.24) is 16.0 Å². The number of aryl methyl sites for hydroxylation is 1. The summed E-state index contributed by atoms with van der Waals surface area (Å²) in [4.78, 5) is 45.7. The van der Waals surface area contributed by atoms with Gasteiger partial charge in [-0.05, 0) is 25.0 Å². The largest absolute Gasteiger partial charge is 0.348 e. The summed E-state index contributed by atoms with van der Waals surface area (Å²) < 4.78 is 0. The normalized spacial score (nSPS) is 9.83. The van der Waals surface area contributed by atoms with Crippen LogP contribution in [0.5, 0.6) is 0 Å². The van der Waals surface area contributed by atoms with Crippen molar-refractivity contribution in [2.24, 2.45) is 0 Å². The van der Waals surface area contributed by atoms with Gasteiger partial charge in [0.15, 0.2) is 0 Å². The van der Waals surface area contributed by atoms with E-state index in [1.807, 2.05) is 19.1 Å². The molecular weight excluding hydrogens is 298 g/mol. The maximum atomic E-state index is 12.0. The summed E-state index contributed by atoms with van der Waals surface area (Å²) in [6, 6.07) is 7.16. The third kappa shape index (κ3) is 6.73. The van der Waals surface area contributed by atoms with E-state index in [2.05, 4.69) is 16.0 Å². The summed E-state index contributed by atoms with van der Waals surface area (Å²) in [6.45, 7) is 2.75. The van der Waals surface area contributed by atoms with Gasteiger partial charge in [0.1, 0.15) is 5.78 Å². The molecule has 7 heteroatoms. The average Bonchev–Trinajstić information content (AvgIpc) is 2.55. The van der Waals surface area contributed by atoms with Gasteiger partial charge in [-0.15, -0.1) is 0 Å². The van der Waals surface area contributed by atoms with Gasteiger partial charge in [0.2, 0.25) is 11.8 Å². The van der Waals surface area contributed by atoms with Crippen molar-refractivity contribution in [3.63, 3.8) is 0 Å². The minimum atomic E-state index is -0.481. The molecule has 0 bridgehead atoms. The lowest BCUT2D eigenvalue weighted by molar-refractivity contribution is -0.126. The first kappa shape index (κ1) is 18.3. The molecule has 0 saturated heterocycles. The second-order valence-corrected chi connectivity index (χ2v) is 4.95. The van der Waals surface area contributed by atoms with Crippen molar-refractivity contribution in [3.8, 4) is 0 Å². The number of Topliss-reactive ketones (excluding diaryl/α,β-unsaturated/α-hetero) is 1. The molecule has 7 nitrogen and oxygen atoms in total. The molecule has 0 heterocycles. The number of hydrogen-bond donors (Lipinski definition) is 3. The number of carbonyl (C=O) groups excluding carboxylic acids is 4. The second-order valence-electron chi connectivity index (χ2n) is 4.95. The van der Waals surface area contributed by atoms with Crippen LogP contribution in [0.25, 0.3) is 0 Å². The van der Waals surface area contributed by atoms with E-state index >= 15 is 0 Å². The lowest BCUT2D eigenvalue weighted by atomic mass is 10.0. The molecule has 3 N–H and O–H groups in total. The highest BCUT2D eigenvalue weighted by atomic mass is 16.2. The third-order valence-corrected chi connectivity index (χ3v) is 3.03. The smallest absolute Gasteiger partial charge is 0.251 e. The molecule has 0 atom stereocenters. The first-order valence-electron chi connectivity index (χ1n) is 7.33. The molecule has 124 valence electrons. The Labute approximate surface area is 134 Å². The highest BCUT2D eigenvalue weighted by Crippen LogP contribution is 2.08. The van der Waals surface area contributed by atoms with Crippen molar-refractivity contribution in [2.75, 3.05) is 19.6 Å². The molecule has 0 aliphatic rings. The summed E-state index contributed by atoms with van der Waals surface area (Å²) in [7, 11) is 0. The highest BCUT2D eigenvalue weighted by Gasteiger charge is 2.11. The standard InChI is InChI=1S/C16H21N3O4/c1-3-12-6-4-5-7-13(12)16(23)19-10-15(22)18-9-14(21)17-8-11(2)20/h4-7H,3,8-10H2,1-2H3,(H,17,21)(H,18,22)(H,19,23). The number of amides is 3. The van der Waals surface area contributed by atoms with Gasteiger partial charge >= 0.3 is 0 Å². The van der Waals surface area contributed by atoms with Crippen molar-refractivity contribution in [1.29, 1.82) is 0 Å². The van der Waals surface area contributed by atoms with E-state index < -0.39 is 11.8 Å². The summed E-state index contributed by atoms with van der Waals surface area (Å²) in [5, 5.41) is 7.23. The minimum Gasteiger partial charge on any atom is -0.348 e. The minimum absolute atomic E-state index is 0.0702. The SMILES string of the molecule is CCc1ccccc1C(=O)NCC(=O)NCC(=O)NCC(C)=O. The van der Waals surface area contributed by atoms with Gasteiger partial charge in [0.25, 0.3) is 5.91 Å². The number of carbonyl (C=O) groups is 4. The van der Waals surface area contributed by atoms with Crippen molar-refractivity contribution >= 4 is 23.5 Å². The van der Waals surface area contributed by atoms with Crippen LogP contribution in [0, 0.1) is 0 Å². The zero-order valence-electron chi connectivity index (χ0n) is 13.3. The maximum absolute atomic E-state index is 12.0. The number of ketones is 1. The second kappa shape index (κ2) is 9.34. The lowest BCUT2D eigenvalue weighted by Gasteiger charge is -2.09. The van der Waals surface area contributed by atoms with Crippen LogP contribution >= 0.6 is 0 Å². The molecule has 23 heavy (non-hydrogen) atoms. The van der Waals surface area contributed by atoms with Gasteiger partial charge in [0.05, 0.1) is 19.6 Å². The van der Waals surface area contributed by atoms with E-state index in [-0.39, 0.29) is 31.3 Å². The van der Waals surface area contributed by atoms with Crippen molar-refractivity contribution in [2.45, 2.75) is 20.3 Å². The topological polar surface area (TPSA) is 104 Å². The Morgan fingerprint density at radius 2 is 1.43 bits per heavy atom. The third-order valence-electron chi connectivity index (χ3n) is 3.03. The van der Waals surface area contributed by atoms with E-state index in [1.165, 1.54) is 6.92 Å². The number of hydrogen-bond acceptors (Lipinski definition) is 4. The summed E-state index contributed by atoms with van der Waals surface area (Å²) >= 11 is 0. The van der Waals surface area contributed by atoms with Crippen molar-refractivity contribution in [3.05, 3.63) is 35.4 Å². The van der Waals surface area contributed by atoms with Crippen LogP contribution in [-0.2, 0) is 20.8 Å². The predicted octanol–water partition coefficient (Wildman–Crippen LogP) is -0.200. The Hall–Kier alpha value is -2.70. The van der Waals surface area contributed by atoms with Crippen LogP contribution in [0.1, 0.15) is 29.8 Å². The Bertz CT molecular complexity index is 599. The lowest BCUT2D eigenvalue weighted by Crippen LogP contribution is -2.42. The molecule has 0 fully saturated rings. The van der Waals surface area contributed by atoms with E-state index in [0.29, 0.717) is 12.0 Å². The highest BCUT2D eigenvalue weighted by molar-refractivity contribution is 5.98. The Morgan fingerprint density at radius 3 is 2.04 bits per heavy atom. The molecule has 0 unspecified atom stereocenters. The van der Waals surface area contributed by atoms with Crippen LogP contribution in [0.2, 0.25) is 0 Å². The molecule has 0 radical (unpaired) electrons. The quantitative estimate of drug-likeness (QED) is 0.617. The van der Waals surface area contributed by atoms with Gasteiger partial charge in [-0.1, -0.05) is 25.1 Å².